The SMILES string of the molecule is O=C(O)[C@@H]1[C@H]2CCC[C@H]2CN1P. The highest BCUT2D eigenvalue weighted by Crippen LogP contribution is 2.43. The van der Waals surface area contributed by atoms with Crippen molar-refractivity contribution in [3.63, 3.8) is 0 Å². The van der Waals surface area contributed by atoms with Gasteiger partial charge in [0, 0.05) is 6.54 Å². The molecule has 0 aromatic rings. The molecule has 0 bridgehead atoms. The highest BCUT2D eigenvalue weighted by atomic mass is 31.0. The molecule has 1 saturated carbocycles. The molecule has 0 aromatic carbocycles. The summed E-state index contributed by atoms with van der Waals surface area (Å²) in [5.74, 6) is 0.406. The molecule has 0 amide bonds. The first-order valence-corrected chi connectivity index (χ1v) is 4.96. The molecule has 0 aromatic heterocycles. The summed E-state index contributed by atoms with van der Waals surface area (Å²) in [5.41, 5.74) is 0. The van der Waals surface area contributed by atoms with Crippen LogP contribution in [0.3, 0.4) is 0 Å². The van der Waals surface area contributed by atoms with Crippen molar-refractivity contribution in [2.24, 2.45) is 11.8 Å². The van der Waals surface area contributed by atoms with Gasteiger partial charge in [-0.1, -0.05) is 15.8 Å². The van der Waals surface area contributed by atoms with E-state index < -0.39 is 5.97 Å². The summed E-state index contributed by atoms with van der Waals surface area (Å²) in [5, 5.41) is 8.98. The molecule has 1 aliphatic carbocycles. The zero-order valence-electron chi connectivity index (χ0n) is 6.94. The van der Waals surface area contributed by atoms with Crippen molar-refractivity contribution < 1.29 is 9.90 Å². The second-order valence-corrected chi connectivity index (χ2v) is 4.50. The van der Waals surface area contributed by atoms with Crippen molar-refractivity contribution in [2.45, 2.75) is 25.3 Å². The fraction of sp³-hybridized carbons (Fsp3) is 0.875. The molecule has 0 radical (unpaired) electrons. The van der Waals surface area contributed by atoms with Crippen LogP contribution in [0.2, 0.25) is 0 Å². The fourth-order valence-corrected chi connectivity index (χ4v) is 3.28. The van der Waals surface area contributed by atoms with Gasteiger partial charge >= 0.3 is 5.97 Å². The summed E-state index contributed by atoms with van der Waals surface area (Å²) < 4.78 is 1.91. The van der Waals surface area contributed by atoms with E-state index in [0.717, 1.165) is 13.0 Å². The molecular weight excluding hydrogens is 173 g/mol. The van der Waals surface area contributed by atoms with Gasteiger partial charge in [-0.2, -0.15) is 0 Å². The second-order valence-electron chi connectivity index (χ2n) is 3.83. The third-order valence-corrected chi connectivity index (χ3v) is 3.71. The summed E-state index contributed by atoms with van der Waals surface area (Å²) >= 11 is 0. The third-order valence-electron chi connectivity index (χ3n) is 3.18. The molecule has 1 aliphatic heterocycles. The number of rotatable bonds is 1. The largest absolute Gasteiger partial charge is 0.480 e. The maximum atomic E-state index is 10.9. The number of hydrogen-bond acceptors (Lipinski definition) is 2. The van der Waals surface area contributed by atoms with E-state index in [1.807, 2.05) is 4.67 Å². The van der Waals surface area contributed by atoms with Gasteiger partial charge in [0.15, 0.2) is 0 Å². The number of carboxylic acid groups (broad SMARTS) is 1. The molecule has 1 N–H and O–H groups in total. The van der Waals surface area contributed by atoms with Gasteiger partial charge in [0.25, 0.3) is 0 Å². The molecule has 1 unspecified atom stereocenters. The maximum Gasteiger partial charge on any atom is 0.321 e. The predicted molar refractivity (Wildman–Crippen MR) is 48.7 cm³/mol. The van der Waals surface area contributed by atoms with E-state index in [9.17, 15) is 4.79 Å². The lowest BCUT2D eigenvalue weighted by Crippen LogP contribution is -2.33. The van der Waals surface area contributed by atoms with E-state index in [1.165, 1.54) is 12.8 Å². The molecule has 3 nitrogen and oxygen atoms in total. The van der Waals surface area contributed by atoms with Gasteiger partial charge < -0.3 is 5.11 Å². The third kappa shape index (κ3) is 1.16. The average Bonchev–Trinajstić information content (AvgIpc) is 2.44. The lowest BCUT2D eigenvalue weighted by atomic mass is 9.94. The maximum absolute atomic E-state index is 10.9. The van der Waals surface area contributed by atoms with Gasteiger partial charge in [0.2, 0.25) is 0 Å². The van der Waals surface area contributed by atoms with Gasteiger partial charge in [-0.3, -0.25) is 9.46 Å². The van der Waals surface area contributed by atoms with Gasteiger partial charge in [0.1, 0.15) is 6.04 Å². The van der Waals surface area contributed by atoms with Crippen LogP contribution in [0.4, 0.5) is 0 Å². The van der Waals surface area contributed by atoms with Crippen LogP contribution in [0.1, 0.15) is 19.3 Å². The van der Waals surface area contributed by atoms with E-state index >= 15 is 0 Å². The zero-order chi connectivity index (χ0) is 8.72. The minimum atomic E-state index is -0.653. The summed E-state index contributed by atoms with van der Waals surface area (Å²) in [6, 6.07) is -0.234. The number of nitrogens with zero attached hydrogens (tertiary/aromatic N) is 1. The molecule has 0 spiro atoms. The first kappa shape index (κ1) is 8.46. The Bertz CT molecular complexity index is 209. The van der Waals surface area contributed by atoms with Gasteiger partial charge in [-0.05, 0) is 24.7 Å². The van der Waals surface area contributed by atoms with E-state index in [1.54, 1.807) is 0 Å². The Morgan fingerprint density at radius 3 is 2.92 bits per heavy atom. The molecule has 12 heavy (non-hydrogen) atoms. The van der Waals surface area contributed by atoms with Gasteiger partial charge in [-0.15, -0.1) is 0 Å². The van der Waals surface area contributed by atoms with E-state index in [-0.39, 0.29) is 6.04 Å². The van der Waals surface area contributed by atoms with E-state index in [4.69, 9.17) is 5.11 Å². The fourth-order valence-electron chi connectivity index (χ4n) is 2.66. The lowest BCUT2D eigenvalue weighted by Gasteiger charge is -2.18. The Hall–Kier alpha value is -0.140. The highest BCUT2D eigenvalue weighted by molar-refractivity contribution is 7.13. The van der Waals surface area contributed by atoms with Crippen LogP contribution in [0, 0.1) is 11.8 Å². The quantitative estimate of drug-likeness (QED) is 0.621. The molecule has 2 aliphatic rings. The smallest absolute Gasteiger partial charge is 0.321 e. The van der Waals surface area contributed by atoms with Crippen LogP contribution in [0.15, 0.2) is 0 Å². The zero-order valence-corrected chi connectivity index (χ0v) is 8.10. The van der Waals surface area contributed by atoms with Crippen molar-refractivity contribution in [3.05, 3.63) is 0 Å². The topological polar surface area (TPSA) is 40.5 Å². The monoisotopic (exact) mass is 187 g/mol. The van der Waals surface area contributed by atoms with Gasteiger partial charge in [-0.25, -0.2) is 0 Å². The molecule has 1 heterocycles. The summed E-state index contributed by atoms with van der Waals surface area (Å²) in [7, 11) is 2.54. The molecule has 68 valence electrons. The first-order valence-electron chi connectivity index (χ1n) is 4.44. The molecule has 2 rings (SSSR count). The molecule has 4 atom stereocenters. The van der Waals surface area contributed by atoms with Crippen molar-refractivity contribution in [1.82, 2.24) is 4.67 Å². The minimum Gasteiger partial charge on any atom is -0.480 e. The van der Waals surface area contributed by atoms with E-state index in [0.29, 0.717) is 11.8 Å². The van der Waals surface area contributed by atoms with Crippen molar-refractivity contribution >= 4 is 15.4 Å². The highest BCUT2D eigenvalue weighted by Gasteiger charge is 2.46. The molecular formula is C8H14NO2P. The summed E-state index contributed by atoms with van der Waals surface area (Å²) in [4.78, 5) is 10.9. The minimum absolute atomic E-state index is 0.234. The van der Waals surface area contributed by atoms with Crippen molar-refractivity contribution in [1.29, 1.82) is 0 Å². The number of hydrogen-bond donors (Lipinski definition) is 1. The van der Waals surface area contributed by atoms with Crippen molar-refractivity contribution in [2.75, 3.05) is 6.54 Å². The molecule has 4 heteroatoms. The van der Waals surface area contributed by atoms with Crippen LogP contribution >= 0.6 is 9.39 Å². The Balaban J connectivity index is 2.15. The lowest BCUT2D eigenvalue weighted by molar-refractivity contribution is -0.141. The number of aliphatic carboxylic acids is 1. The van der Waals surface area contributed by atoms with Crippen LogP contribution in [0.5, 0.6) is 0 Å². The molecule has 2 fully saturated rings. The standard InChI is InChI=1S/C8H14NO2P/c10-8(11)7-6-3-1-2-5(6)4-9(7)12/h5-7H,1-4,12H2,(H,10,11)/t5-,6-,7-/m0/s1. The van der Waals surface area contributed by atoms with Crippen molar-refractivity contribution in [3.8, 4) is 0 Å². The van der Waals surface area contributed by atoms with Gasteiger partial charge in [0.05, 0.1) is 0 Å². The van der Waals surface area contributed by atoms with Crippen LogP contribution < -0.4 is 0 Å². The summed E-state index contributed by atoms with van der Waals surface area (Å²) in [6.07, 6.45) is 3.55. The van der Waals surface area contributed by atoms with Crippen LogP contribution in [0.25, 0.3) is 0 Å². The Labute approximate surface area is 74.4 Å². The number of fused-ring (bicyclic) bond motifs is 1. The van der Waals surface area contributed by atoms with E-state index in [2.05, 4.69) is 9.39 Å². The predicted octanol–water partition coefficient (Wildman–Crippen LogP) is 0.962. The average molecular weight is 187 g/mol. The number of carboxylic acids is 1. The Kier molecular flexibility index (Phi) is 2.09. The summed E-state index contributed by atoms with van der Waals surface area (Å²) in [6.45, 7) is 0.951. The second kappa shape index (κ2) is 2.97. The first-order chi connectivity index (χ1) is 5.70. The number of carbonyl (C=O) groups is 1. The normalized spacial score (nSPS) is 41.6. The molecule has 1 saturated heterocycles. The Morgan fingerprint density at radius 2 is 2.25 bits per heavy atom. The van der Waals surface area contributed by atoms with Crippen LogP contribution in [-0.4, -0.2) is 28.3 Å². The Morgan fingerprint density at radius 1 is 1.50 bits per heavy atom. The van der Waals surface area contributed by atoms with Crippen LogP contribution in [-0.2, 0) is 4.79 Å².